The van der Waals surface area contributed by atoms with Crippen LogP contribution in [-0.4, -0.2) is 34.1 Å². The minimum Gasteiger partial charge on any atom is -0.480 e. The molecule has 6 heteroatoms. The number of carboxylic acids is 1. The fourth-order valence-electron chi connectivity index (χ4n) is 1.66. The number of anilines is 1. The van der Waals surface area contributed by atoms with Crippen LogP contribution in [0.1, 0.15) is 26.3 Å². The molecule has 0 radical (unpaired) electrons. The Labute approximate surface area is 123 Å². The highest BCUT2D eigenvalue weighted by Crippen LogP contribution is 2.22. The molecule has 0 aromatic heterocycles. The van der Waals surface area contributed by atoms with Crippen LogP contribution in [0.25, 0.3) is 0 Å². The van der Waals surface area contributed by atoms with Crippen LogP contribution in [0, 0.1) is 6.92 Å². The van der Waals surface area contributed by atoms with E-state index in [2.05, 4.69) is 5.32 Å². The Morgan fingerprint density at radius 3 is 2.45 bits per heavy atom. The summed E-state index contributed by atoms with van der Waals surface area (Å²) >= 11 is 5.90. The van der Waals surface area contributed by atoms with Crippen LogP contribution in [0.5, 0.6) is 0 Å². The molecule has 0 saturated heterocycles. The maximum atomic E-state index is 12.3. The number of amides is 2. The van der Waals surface area contributed by atoms with Crippen LogP contribution in [0.4, 0.5) is 10.5 Å². The first-order valence-corrected chi connectivity index (χ1v) is 6.55. The molecule has 110 valence electrons. The zero-order valence-corrected chi connectivity index (χ0v) is 12.8. The summed E-state index contributed by atoms with van der Waals surface area (Å²) in [5, 5.41) is 12.1. The van der Waals surface area contributed by atoms with E-state index in [0.29, 0.717) is 10.7 Å². The molecule has 1 aromatic carbocycles. The van der Waals surface area contributed by atoms with Crippen molar-refractivity contribution in [3.63, 3.8) is 0 Å². The molecule has 2 amide bonds. The highest BCUT2D eigenvalue weighted by Gasteiger charge is 2.28. The number of urea groups is 1. The van der Waals surface area contributed by atoms with E-state index in [1.807, 2.05) is 6.92 Å². The largest absolute Gasteiger partial charge is 0.480 e. The maximum absolute atomic E-state index is 12.3. The number of halogens is 1. The highest BCUT2D eigenvalue weighted by molar-refractivity contribution is 6.31. The van der Waals surface area contributed by atoms with Gasteiger partial charge in [-0.05, 0) is 45.4 Å². The van der Waals surface area contributed by atoms with Crippen LogP contribution < -0.4 is 5.32 Å². The molecule has 20 heavy (non-hydrogen) atoms. The SMILES string of the molecule is Cc1ccc(Cl)cc1NC(=O)N(CC(=O)O)C(C)(C)C. The summed E-state index contributed by atoms with van der Waals surface area (Å²) in [6.45, 7) is 6.81. The number of rotatable bonds is 3. The van der Waals surface area contributed by atoms with E-state index < -0.39 is 17.5 Å². The predicted octanol–water partition coefficient (Wildman–Crippen LogP) is 3.37. The number of carbonyl (C=O) groups excluding carboxylic acids is 1. The van der Waals surface area contributed by atoms with Crippen LogP contribution in [0.2, 0.25) is 5.02 Å². The minimum absolute atomic E-state index is 0.366. The average molecular weight is 299 g/mol. The van der Waals surface area contributed by atoms with Crippen molar-refractivity contribution >= 4 is 29.3 Å². The van der Waals surface area contributed by atoms with Gasteiger partial charge in [-0.25, -0.2) is 4.79 Å². The molecule has 0 saturated carbocycles. The van der Waals surface area contributed by atoms with Crippen LogP contribution >= 0.6 is 11.6 Å². The number of carboxylic acid groups (broad SMARTS) is 1. The Kier molecular flexibility index (Phi) is 5.00. The molecule has 0 atom stereocenters. The number of aliphatic carboxylic acids is 1. The number of hydrogen-bond acceptors (Lipinski definition) is 2. The first-order chi connectivity index (χ1) is 9.11. The lowest BCUT2D eigenvalue weighted by Gasteiger charge is -2.34. The standard InChI is InChI=1S/C14H19ClN2O3/c1-9-5-6-10(15)7-11(9)16-13(20)17(8-12(18)19)14(2,3)4/h5-7H,8H2,1-4H3,(H,16,20)(H,18,19). The Morgan fingerprint density at radius 2 is 1.95 bits per heavy atom. The Balaban J connectivity index is 2.96. The van der Waals surface area contributed by atoms with Gasteiger partial charge in [0.1, 0.15) is 6.54 Å². The summed E-state index contributed by atoms with van der Waals surface area (Å²) in [5.41, 5.74) is 0.823. The summed E-state index contributed by atoms with van der Waals surface area (Å²) in [6.07, 6.45) is 0. The molecule has 0 aliphatic rings. The molecule has 0 heterocycles. The summed E-state index contributed by atoms with van der Waals surface area (Å²) in [4.78, 5) is 24.4. The Bertz CT molecular complexity index is 524. The maximum Gasteiger partial charge on any atom is 0.323 e. The van der Waals surface area contributed by atoms with E-state index in [4.69, 9.17) is 16.7 Å². The number of benzene rings is 1. The van der Waals surface area contributed by atoms with E-state index in [1.165, 1.54) is 4.90 Å². The van der Waals surface area contributed by atoms with Crippen molar-refractivity contribution in [3.8, 4) is 0 Å². The molecule has 0 aliphatic carbocycles. The fourth-order valence-corrected chi connectivity index (χ4v) is 1.83. The summed E-state index contributed by atoms with van der Waals surface area (Å²) in [6, 6.07) is 4.68. The minimum atomic E-state index is -1.06. The third kappa shape index (κ3) is 4.42. The van der Waals surface area contributed by atoms with Gasteiger partial charge in [0.2, 0.25) is 0 Å². The second-order valence-corrected chi connectivity index (χ2v) is 5.98. The van der Waals surface area contributed by atoms with Crippen LogP contribution in [0.15, 0.2) is 18.2 Å². The van der Waals surface area contributed by atoms with E-state index >= 15 is 0 Å². The summed E-state index contributed by atoms with van der Waals surface area (Å²) < 4.78 is 0. The molecular weight excluding hydrogens is 280 g/mol. The topological polar surface area (TPSA) is 69.6 Å². The highest BCUT2D eigenvalue weighted by atomic mass is 35.5. The molecule has 0 unspecified atom stereocenters. The van der Waals surface area contributed by atoms with Gasteiger partial charge in [0, 0.05) is 16.2 Å². The number of carbonyl (C=O) groups is 2. The van der Waals surface area contributed by atoms with Crippen molar-refractivity contribution < 1.29 is 14.7 Å². The zero-order chi connectivity index (χ0) is 15.5. The number of aryl methyl sites for hydroxylation is 1. The third-order valence-corrected chi connectivity index (χ3v) is 3.02. The summed E-state index contributed by atoms with van der Waals surface area (Å²) in [5.74, 6) is -1.06. The van der Waals surface area contributed by atoms with Crippen LogP contribution in [0.3, 0.4) is 0 Å². The smallest absolute Gasteiger partial charge is 0.323 e. The van der Waals surface area contributed by atoms with Gasteiger partial charge in [0.15, 0.2) is 0 Å². The molecule has 1 rings (SSSR count). The third-order valence-electron chi connectivity index (χ3n) is 2.79. The van der Waals surface area contributed by atoms with Gasteiger partial charge < -0.3 is 15.3 Å². The second kappa shape index (κ2) is 6.13. The Morgan fingerprint density at radius 1 is 1.35 bits per heavy atom. The molecule has 2 N–H and O–H groups in total. The van der Waals surface area contributed by atoms with Gasteiger partial charge >= 0.3 is 12.0 Å². The zero-order valence-electron chi connectivity index (χ0n) is 12.0. The lowest BCUT2D eigenvalue weighted by molar-refractivity contribution is -0.138. The monoisotopic (exact) mass is 298 g/mol. The van der Waals surface area contributed by atoms with Crippen molar-refractivity contribution in [3.05, 3.63) is 28.8 Å². The van der Waals surface area contributed by atoms with Gasteiger partial charge in [-0.1, -0.05) is 17.7 Å². The van der Waals surface area contributed by atoms with Gasteiger partial charge in [-0.3, -0.25) is 4.79 Å². The van der Waals surface area contributed by atoms with Gasteiger partial charge in [-0.15, -0.1) is 0 Å². The van der Waals surface area contributed by atoms with Gasteiger partial charge in [0.05, 0.1) is 0 Å². The van der Waals surface area contributed by atoms with Crippen molar-refractivity contribution in [1.82, 2.24) is 4.90 Å². The average Bonchev–Trinajstić information content (AvgIpc) is 2.29. The second-order valence-electron chi connectivity index (χ2n) is 5.54. The first kappa shape index (κ1) is 16.3. The molecule has 0 spiro atoms. The number of nitrogens with zero attached hydrogens (tertiary/aromatic N) is 1. The van der Waals surface area contributed by atoms with E-state index in [9.17, 15) is 9.59 Å². The van der Waals surface area contributed by atoms with E-state index in [0.717, 1.165) is 5.56 Å². The Hall–Kier alpha value is -1.75. The summed E-state index contributed by atoms with van der Waals surface area (Å²) in [7, 11) is 0. The molecular formula is C14H19ClN2O3. The molecule has 5 nitrogen and oxygen atoms in total. The molecule has 0 bridgehead atoms. The predicted molar refractivity (Wildman–Crippen MR) is 79.3 cm³/mol. The van der Waals surface area contributed by atoms with E-state index in [-0.39, 0.29) is 6.54 Å². The normalized spacial score (nSPS) is 11.1. The van der Waals surface area contributed by atoms with Gasteiger partial charge in [0.25, 0.3) is 0 Å². The molecule has 0 aliphatic heterocycles. The lowest BCUT2D eigenvalue weighted by atomic mass is 10.1. The molecule has 0 fully saturated rings. The molecule has 1 aromatic rings. The lowest BCUT2D eigenvalue weighted by Crippen LogP contribution is -2.50. The van der Waals surface area contributed by atoms with Crippen molar-refractivity contribution in [1.29, 1.82) is 0 Å². The van der Waals surface area contributed by atoms with Crippen molar-refractivity contribution in [2.45, 2.75) is 33.2 Å². The van der Waals surface area contributed by atoms with Gasteiger partial charge in [-0.2, -0.15) is 0 Å². The number of nitrogens with one attached hydrogen (secondary N) is 1. The fraction of sp³-hybridized carbons (Fsp3) is 0.429. The number of hydrogen-bond donors (Lipinski definition) is 2. The van der Waals surface area contributed by atoms with Crippen molar-refractivity contribution in [2.75, 3.05) is 11.9 Å². The van der Waals surface area contributed by atoms with Crippen LogP contribution in [-0.2, 0) is 4.79 Å². The van der Waals surface area contributed by atoms with E-state index in [1.54, 1.807) is 39.0 Å². The quantitative estimate of drug-likeness (QED) is 0.899. The first-order valence-electron chi connectivity index (χ1n) is 6.18. The van der Waals surface area contributed by atoms with Crippen molar-refractivity contribution in [2.24, 2.45) is 0 Å².